The lowest BCUT2D eigenvalue weighted by Gasteiger charge is -2.26. The maximum Gasteiger partial charge on any atom is 0.242 e. The molecule has 2 aromatic heterocycles. The minimum absolute atomic E-state index is 0.00122. The molecule has 178 valence electrons. The topological polar surface area (TPSA) is 87.5 Å². The molecule has 3 aromatic rings. The van der Waals surface area contributed by atoms with E-state index >= 15 is 0 Å². The molecule has 1 N–H and O–H groups in total. The third kappa shape index (κ3) is 5.13. The maximum atomic E-state index is 12.6. The summed E-state index contributed by atoms with van der Waals surface area (Å²) < 4.78 is 28.0. The van der Waals surface area contributed by atoms with Gasteiger partial charge in [-0.3, -0.25) is 9.69 Å². The van der Waals surface area contributed by atoms with Gasteiger partial charge in [0.1, 0.15) is 5.82 Å². The van der Waals surface area contributed by atoms with E-state index in [1.54, 1.807) is 29.5 Å². The van der Waals surface area contributed by atoms with E-state index in [-0.39, 0.29) is 16.8 Å². The molecule has 1 aliphatic rings. The van der Waals surface area contributed by atoms with Crippen LogP contribution in [-0.4, -0.2) is 66.8 Å². The molecule has 0 bridgehead atoms. The number of benzene rings is 1. The van der Waals surface area contributed by atoms with Gasteiger partial charge in [0, 0.05) is 45.4 Å². The Morgan fingerprint density at radius 2 is 2.00 bits per heavy atom. The molecule has 0 radical (unpaired) electrons. The van der Waals surface area contributed by atoms with Crippen LogP contribution in [0.4, 0.5) is 0 Å². The molecular formula is C23H31N5O3S2. The minimum atomic E-state index is -3.52. The van der Waals surface area contributed by atoms with Crippen molar-refractivity contribution in [1.29, 1.82) is 0 Å². The fourth-order valence-electron chi connectivity index (χ4n) is 4.29. The Labute approximate surface area is 199 Å². The summed E-state index contributed by atoms with van der Waals surface area (Å²) in [5.74, 6) is 0.757. The number of hydrogen-bond acceptors (Lipinski definition) is 6. The van der Waals surface area contributed by atoms with Crippen LogP contribution < -0.4 is 5.32 Å². The zero-order chi connectivity index (χ0) is 23.6. The van der Waals surface area contributed by atoms with Gasteiger partial charge < -0.3 is 9.88 Å². The molecule has 8 nitrogen and oxygen atoms in total. The number of fused-ring (bicyclic) bond motifs is 1. The Balaban J connectivity index is 1.40. The molecule has 0 spiro atoms. The van der Waals surface area contributed by atoms with E-state index in [9.17, 15) is 13.2 Å². The first-order valence-electron chi connectivity index (χ1n) is 11.2. The van der Waals surface area contributed by atoms with Gasteiger partial charge in [0.25, 0.3) is 0 Å². The standard InChI is InChI=1S/C23H31N5O3S2/c1-26(2)33(30,31)17-8-9-19-18(15-17)25-22(27(19)3)10-11-23(29)24-16-20(21-7-6-14-32-21)28-12-4-5-13-28/h6-9,14-15,20H,4-5,10-13,16H2,1-3H3,(H,24,29). The van der Waals surface area contributed by atoms with Gasteiger partial charge in [0.15, 0.2) is 0 Å². The predicted molar refractivity (Wildman–Crippen MR) is 131 cm³/mol. The summed E-state index contributed by atoms with van der Waals surface area (Å²) in [5.41, 5.74) is 1.46. The quantitative estimate of drug-likeness (QED) is 0.499. The van der Waals surface area contributed by atoms with Crippen LogP contribution in [0.15, 0.2) is 40.6 Å². The lowest BCUT2D eigenvalue weighted by molar-refractivity contribution is -0.121. The van der Waals surface area contributed by atoms with E-state index in [2.05, 4.69) is 32.7 Å². The molecule has 3 heterocycles. The number of hydrogen-bond donors (Lipinski definition) is 1. The third-order valence-corrected chi connectivity index (χ3v) is 9.03. The third-order valence-electron chi connectivity index (χ3n) is 6.24. The fraction of sp³-hybridized carbons (Fsp3) is 0.478. The summed E-state index contributed by atoms with van der Waals surface area (Å²) in [7, 11) is 1.39. The van der Waals surface area contributed by atoms with Crippen LogP contribution in [0.5, 0.6) is 0 Å². The van der Waals surface area contributed by atoms with Gasteiger partial charge >= 0.3 is 0 Å². The molecular weight excluding hydrogens is 458 g/mol. The highest BCUT2D eigenvalue weighted by Gasteiger charge is 2.25. The number of aryl methyl sites for hydroxylation is 2. The van der Waals surface area contributed by atoms with Crippen molar-refractivity contribution in [2.75, 3.05) is 33.7 Å². The van der Waals surface area contributed by atoms with Crippen LogP contribution >= 0.6 is 11.3 Å². The van der Waals surface area contributed by atoms with Gasteiger partial charge in [-0.15, -0.1) is 11.3 Å². The van der Waals surface area contributed by atoms with Crippen molar-refractivity contribution >= 4 is 38.3 Å². The molecule has 1 atom stereocenters. The number of amides is 1. The molecule has 33 heavy (non-hydrogen) atoms. The zero-order valence-electron chi connectivity index (χ0n) is 19.3. The summed E-state index contributed by atoms with van der Waals surface area (Å²) in [6, 6.07) is 9.39. The number of nitrogens with zero attached hydrogens (tertiary/aromatic N) is 4. The van der Waals surface area contributed by atoms with Gasteiger partial charge in [0.2, 0.25) is 15.9 Å². The molecule has 1 aromatic carbocycles. The molecule has 1 amide bonds. The number of carbonyl (C=O) groups is 1. The number of thiophene rings is 1. The number of sulfonamides is 1. The maximum absolute atomic E-state index is 12.6. The smallest absolute Gasteiger partial charge is 0.242 e. The second kappa shape index (κ2) is 9.92. The summed E-state index contributed by atoms with van der Waals surface area (Å²) >= 11 is 1.74. The number of imidazole rings is 1. The Morgan fingerprint density at radius 3 is 2.67 bits per heavy atom. The Bertz CT molecular complexity index is 1210. The second-order valence-electron chi connectivity index (χ2n) is 8.60. The van der Waals surface area contributed by atoms with Gasteiger partial charge in [-0.1, -0.05) is 6.07 Å². The van der Waals surface area contributed by atoms with E-state index in [0.29, 0.717) is 24.9 Å². The fourth-order valence-corrected chi connectivity index (χ4v) is 6.08. The van der Waals surface area contributed by atoms with Gasteiger partial charge in [0.05, 0.1) is 22.0 Å². The summed E-state index contributed by atoms with van der Waals surface area (Å²) in [4.78, 5) is 21.2. The van der Waals surface area contributed by atoms with Crippen molar-refractivity contribution in [3.05, 3.63) is 46.4 Å². The average Bonchev–Trinajstić information content (AvgIpc) is 3.55. The first kappa shape index (κ1) is 23.9. The number of nitrogens with one attached hydrogen (secondary N) is 1. The van der Waals surface area contributed by atoms with Crippen LogP contribution in [0.25, 0.3) is 11.0 Å². The first-order chi connectivity index (χ1) is 15.8. The molecule has 1 fully saturated rings. The molecule has 0 saturated carbocycles. The summed E-state index contributed by atoms with van der Waals surface area (Å²) in [6.45, 7) is 2.75. The molecule has 10 heteroatoms. The van der Waals surface area contributed by atoms with Gasteiger partial charge in [-0.25, -0.2) is 17.7 Å². The molecule has 1 aliphatic heterocycles. The predicted octanol–water partition coefficient (Wildman–Crippen LogP) is 2.77. The van der Waals surface area contributed by atoms with Crippen molar-refractivity contribution in [2.45, 2.75) is 36.6 Å². The highest BCUT2D eigenvalue weighted by atomic mass is 32.2. The van der Waals surface area contributed by atoms with Crippen molar-refractivity contribution in [3.63, 3.8) is 0 Å². The molecule has 0 aliphatic carbocycles. The van der Waals surface area contributed by atoms with E-state index < -0.39 is 10.0 Å². The van der Waals surface area contributed by atoms with Crippen LogP contribution in [0.1, 0.15) is 36.0 Å². The second-order valence-corrected chi connectivity index (χ2v) is 11.7. The minimum Gasteiger partial charge on any atom is -0.354 e. The number of likely N-dealkylation sites (tertiary alicyclic amines) is 1. The lowest BCUT2D eigenvalue weighted by Crippen LogP contribution is -2.36. The monoisotopic (exact) mass is 489 g/mol. The highest BCUT2D eigenvalue weighted by Crippen LogP contribution is 2.28. The zero-order valence-corrected chi connectivity index (χ0v) is 21.0. The molecule has 4 rings (SSSR count). The number of aromatic nitrogens is 2. The van der Waals surface area contributed by atoms with Crippen LogP contribution in [-0.2, 0) is 28.3 Å². The van der Waals surface area contributed by atoms with Gasteiger partial charge in [-0.2, -0.15) is 0 Å². The molecule has 1 unspecified atom stereocenters. The Kier molecular flexibility index (Phi) is 7.18. The van der Waals surface area contributed by atoms with E-state index in [4.69, 9.17) is 0 Å². The Hall–Kier alpha value is -2.27. The van der Waals surface area contributed by atoms with Crippen molar-refractivity contribution in [2.24, 2.45) is 7.05 Å². The SMILES string of the molecule is CN(C)S(=O)(=O)c1ccc2c(c1)nc(CCC(=O)NCC(c1cccs1)N1CCCC1)n2C. The van der Waals surface area contributed by atoms with E-state index in [1.165, 1.54) is 36.1 Å². The number of rotatable bonds is 9. The average molecular weight is 490 g/mol. The van der Waals surface area contributed by atoms with Crippen molar-refractivity contribution < 1.29 is 13.2 Å². The van der Waals surface area contributed by atoms with E-state index in [1.807, 2.05) is 11.6 Å². The summed E-state index contributed by atoms with van der Waals surface area (Å²) in [6.07, 6.45) is 3.23. The lowest BCUT2D eigenvalue weighted by atomic mass is 10.2. The van der Waals surface area contributed by atoms with Gasteiger partial charge in [-0.05, 0) is 55.6 Å². The van der Waals surface area contributed by atoms with E-state index in [0.717, 1.165) is 24.4 Å². The van der Waals surface area contributed by atoms with Crippen LogP contribution in [0.3, 0.4) is 0 Å². The molecule has 1 saturated heterocycles. The largest absolute Gasteiger partial charge is 0.354 e. The van der Waals surface area contributed by atoms with Crippen molar-refractivity contribution in [1.82, 2.24) is 24.1 Å². The highest BCUT2D eigenvalue weighted by molar-refractivity contribution is 7.89. The first-order valence-corrected chi connectivity index (χ1v) is 13.5. The van der Waals surface area contributed by atoms with Crippen LogP contribution in [0.2, 0.25) is 0 Å². The number of carbonyl (C=O) groups excluding carboxylic acids is 1. The van der Waals surface area contributed by atoms with Crippen molar-refractivity contribution in [3.8, 4) is 0 Å². The Morgan fingerprint density at radius 1 is 1.24 bits per heavy atom. The van der Waals surface area contributed by atoms with Crippen LogP contribution in [0, 0.1) is 0 Å². The summed E-state index contributed by atoms with van der Waals surface area (Å²) in [5, 5.41) is 5.20. The normalized spacial score (nSPS) is 16.0.